The van der Waals surface area contributed by atoms with E-state index in [0.29, 0.717) is 12.5 Å². The van der Waals surface area contributed by atoms with Crippen LogP contribution in [-0.2, 0) is 6.61 Å². The maximum Gasteiger partial charge on any atom is 0.214 e. The number of benzene rings is 2. The van der Waals surface area contributed by atoms with Gasteiger partial charge in [-0.05, 0) is 36.8 Å². The van der Waals surface area contributed by atoms with Crippen LogP contribution < -0.4 is 14.8 Å². The molecule has 25 heavy (non-hydrogen) atoms. The molecular weight excluding hydrogens is 312 g/mol. The van der Waals surface area contributed by atoms with E-state index in [4.69, 9.17) is 9.47 Å². The van der Waals surface area contributed by atoms with Crippen molar-refractivity contribution in [2.24, 2.45) is 0 Å². The lowest BCUT2D eigenvalue weighted by atomic mass is 10.1. The summed E-state index contributed by atoms with van der Waals surface area (Å²) in [5, 5.41) is 3.21. The Morgan fingerprint density at radius 2 is 1.76 bits per heavy atom. The van der Waals surface area contributed by atoms with E-state index in [1.165, 1.54) is 5.56 Å². The van der Waals surface area contributed by atoms with Gasteiger partial charge in [-0.15, -0.1) is 0 Å². The molecule has 0 saturated carbocycles. The topological polar surface area (TPSA) is 43.4 Å². The first kappa shape index (κ1) is 16.8. The number of rotatable bonds is 6. The predicted octanol–water partition coefficient (Wildman–Crippen LogP) is 4.69. The molecule has 1 N–H and O–H groups in total. The van der Waals surface area contributed by atoms with E-state index in [2.05, 4.69) is 23.3 Å². The molecule has 4 nitrogen and oxygen atoms in total. The van der Waals surface area contributed by atoms with Crippen LogP contribution >= 0.6 is 0 Å². The molecule has 0 aliphatic heterocycles. The van der Waals surface area contributed by atoms with E-state index < -0.39 is 0 Å². The summed E-state index contributed by atoms with van der Waals surface area (Å²) in [6.07, 6.45) is 0. The summed E-state index contributed by atoms with van der Waals surface area (Å²) in [5.41, 5.74) is 5.17. The summed E-state index contributed by atoms with van der Waals surface area (Å²) in [5.74, 6) is 1.39. The van der Waals surface area contributed by atoms with Crippen LogP contribution in [-0.4, -0.2) is 19.1 Å². The van der Waals surface area contributed by atoms with Crippen LogP contribution in [0.5, 0.6) is 11.6 Å². The van der Waals surface area contributed by atoms with E-state index in [1.54, 1.807) is 7.11 Å². The van der Waals surface area contributed by atoms with Gasteiger partial charge in [-0.25, -0.2) is 4.98 Å². The van der Waals surface area contributed by atoms with Crippen molar-refractivity contribution in [3.05, 3.63) is 71.8 Å². The molecular formula is C21H22N2O2. The van der Waals surface area contributed by atoms with Crippen LogP contribution in [0.4, 0.5) is 5.69 Å². The Morgan fingerprint density at radius 3 is 2.56 bits per heavy atom. The molecule has 3 rings (SSSR count). The summed E-state index contributed by atoms with van der Waals surface area (Å²) in [6.45, 7) is 2.55. The highest BCUT2D eigenvalue weighted by atomic mass is 16.5. The maximum absolute atomic E-state index is 5.96. The number of para-hydroxylation sites is 1. The third-order valence-corrected chi connectivity index (χ3v) is 4.15. The van der Waals surface area contributed by atoms with E-state index >= 15 is 0 Å². The lowest BCUT2D eigenvalue weighted by Crippen LogP contribution is -2.04. The average molecular weight is 334 g/mol. The highest BCUT2D eigenvalue weighted by molar-refractivity contribution is 5.67. The highest BCUT2D eigenvalue weighted by Crippen LogP contribution is 2.29. The number of ether oxygens (including phenoxy) is 2. The first-order valence-corrected chi connectivity index (χ1v) is 8.22. The zero-order chi connectivity index (χ0) is 17.6. The second kappa shape index (κ2) is 7.71. The second-order valence-electron chi connectivity index (χ2n) is 5.70. The molecule has 0 amide bonds. The number of hydrogen-bond donors (Lipinski definition) is 1. The number of nitrogens with zero attached hydrogens (tertiary/aromatic N) is 1. The molecule has 0 spiro atoms. The van der Waals surface area contributed by atoms with Gasteiger partial charge >= 0.3 is 0 Å². The summed E-state index contributed by atoms with van der Waals surface area (Å²) in [6, 6.07) is 19.8. The SMILES string of the molecule is CNc1cccc(C)c1COc1cccc(-c2ccccc2OC)n1. The molecule has 0 unspecified atom stereocenters. The molecule has 128 valence electrons. The largest absolute Gasteiger partial charge is 0.496 e. The quantitative estimate of drug-likeness (QED) is 0.710. The Bertz CT molecular complexity index is 862. The number of nitrogens with one attached hydrogen (secondary N) is 1. The van der Waals surface area contributed by atoms with Crippen molar-refractivity contribution in [1.82, 2.24) is 4.98 Å². The van der Waals surface area contributed by atoms with Gasteiger partial charge in [0.2, 0.25) is 5.88 Å². The van der Waals surface area contributed by atoms with Gasteiger partial charge < -0.3 is 14.8 Å². The van der Waals surface area contributed by atoms with Crippen molar-refractivity contribution < 1.29 is 9.47 Å². The van der Waals surface area contributed by atoms with Crippen molar-refractivity contribution in [1.29, 1.82) is 0 Å². The van der Waals surface area contributed by atoms with Crippen LogP contribution in [0.1, 0.15) is 11.1 Å². The molecule has 4 heteroatoms. The third-order valence-electron chi connectivity index (χ3n) is 4.15. The fourth-order valence-electron chi connectivity index (χ4n) is 2.78. The minimum absolute atomic E-state index is 0.464. The molecule has 0 atom stereocenters. The van der Waals surface area contributed by atoms with E-state index in [9.17, 15) is 0 Å². The van der Waals surface area contributed by atoms with Gasteiger partial charge in [0.15, 0.2) is 0 Å². The fourth-order valence-corrected chi connectivity index (χ4v) is 2.78. The van der Waals surface area contributed by atoms with Gasteiger partial charge in [0.1, 0.15) is 12.4 Å². The molecule has 2 aromatic carbocycles. The maximum atomic E-state index is 5.96. The number of hydrogen-bond acceptors (Lipinski definition) is 4. The van der Waals surface area contributed by atoms with Gasteiger partial charge in [0, 0.05) is 29.9 Å². The first-order valence-electron chi connectivity index (χ1n) is 8.22. The molecule has 3 aromatic rings. The Kier molecular flexibility index (Phi) is 5.19. The summed E-state index contributed by atoms with van der Waals surface area (Å²) >= 11 is 0. The second-order valence-corrected chi connectivity index (χ2v) is 5.70. The molecule has 0 fully saturated rings. The van der Waals surface area contributed by atoms with E-state index in [0.717, 1.165) is 28.3 Å². The normalized spacial score (nSPS) is 10.4. The van der Waals surface area contributed by atoms with Gasteiger partial charge in [-0.3, -0.25) is 0 Å². The van der Waals surface area contributed by atoms with Gasteiger partial charge in [0.05, 0.1) is 12.8 Å². The Labute approximate surface area is 148 Å². The van der Waals surface area contributed by atoms with E-state index in [-0.39, 0.29) is 0 Å². The molecule has 0 aliphatic carbocycles. The zero-order valence-electron chi connectivity index (χ0n) is 14.7. The minimum Gasteiger partial charge on any atom is -0.496 e. The molecule has 0 saturated heterocycles. The van der Waals surface area contributed by atoms with Crippen molar-refractivity contribution in [2.75, 3.05) is 19.5 Å². The Morgan fingerprint density at radius 1 is 0.960 bits per heavy atom. The van der Waals surface area contributed by atoms with Crippen molar-refractivity contribution in [3.63, 3.8) is 0 Å². The van der Waals surface area contributed by atoms with Crippen molar-refractivity contribution in [2.45, 2.75) is 13.5 Å². The smallest absolute Gasteiger partial charge is 0.214 e. The van der Waals surface area contributed by atoms with Crippen LogP contribution in [0.3, 0.4) is 0 Å². The minimum atomic E-state index is 0.464. The molecule has 1 aromatic heterocycles. The molecule has 0 radical (unpaired) electrons. The number of aromatic nitrogens is 1. The van der Waals surface area contributed by atoms with Crippen LogP contribution in [0, 0.1) is 6.92 Å². The van der Waals surface area contributed by atoms with E-state index in [1.807, 2.05) is 61.6 Å². The summed E-state index contributed by atoms with van der Waals surface area (Å²) in [4.78, 5) is 4.63. The third kappa shape index (κ3) is 3.74. The summed E-state index contributed by atoms with van der Waals surface area (Å²) < 4.78 is 11.4. The summed E-state index contributed by atoms with van der Waals surface area (Å²) in [7, 11) is 3.58. The fraction of sp³-hybridized carbons (Fsp3) is 0.190. The monoisotopic (exact) mass is 334 g/mol. The standard InChI is InChI=1S/C21H22N2O2/c1-15-8-6-10-18(22-2)17(15)14-25-21-13-7-11-19(23-21)16-9-4-5-12-20(16)24-3/h4-13,22H,14H2,1-3H3. The highest BCUT2D eigenvalue weighted by Gasteiger charge is 2.09. The molecule has 0 bridgehead atoms. The van der Waals surface area contributed by atoms with Gasteiger partial charge in [0.25, 0.3) is 0 Å². The Hall–Kier alpha value is -3.01. The molecule has 0 aliphatic rings. The average Bonchev–Trinajstić information content (AvgIpc) is 2.67. The first-order chi connectivity index (χ1) is 12.2. The van der Waals surface area contributed by atoms with Crippen LogP contribution in [0.2, 0.25) is 0 Å². The van der Waals surface area contributed by atoms with Crippen molar-refractivity contribution in [3.8, 4) is 22.9 Å². The Balaban J connectivity index is 1.84. The number of methoxy groups -OCH3 is 1. The number of anilines is 1. The number of pyridine rings is 1. The lowest BCUT2D eigenvalue weighted by molar-refractivity contribution is 0.294. The lowest BCUT2D eigenvalue weighted by Gasteiger charge is -2.14. The molecule has 1 heterocycles. The number of aryl methyl sites for hydroxylation is 1. The van der Waals surface area contributed by atoms with Crippen LogP contribution in [0.15, 0.2) is 60.7 Å². The van der Waals surface area contributed by atoms with Gasteiger partial charge in [-0.2, -0.15) is 0 Å². The predicted molar refractivity (Wildman–Crippen MR) is 101 cm³/mol. The zero-order valence-corrected chi connectivity index (χ0v) is 14.7. The van der Waals surface area contributed by atoms with Crippen molar-refractivity contribution >= 4 is 5.69 Å². The van der Waals surface area contributed by atoms with Gasteiger partial charge in [-0.1, -0.05) is 30.3 Å². The van der Waals surface area contributed by atoms with Crippen LogP contribution in [0.25, 0.3) is 11.3 Å².